The molecule has 0 radical (unpaired) electrons. The molecule has 6 fully saturated rings. The number of hydrogen-bond donors (Lipinski definition) is 13. The van der Waals surface area contributed by atoms with Gasteiger partial charge >= 0.3 is 0 Å². The molecule has 7 rings (SSSR count). The Hall–Kier alpha value is -1.02. The van der Waals surface area contributed by atoms with Crippen LogP contribution in [0.3, 0.4) is 0 Å². The van der Waals surface area contributed by atoms with Gasteiger partial charge in [-0.2, -0.15) is 0 Å². The molecule has 13 N–H and O–H groups in total. The summed E-state index contributed by atoms with van der Waals surface area (Å²) < 4.78 is 35.3. The van der Waals surface area contributed by atoms with Crippen molar-refractivity contribution in [3.8, 4) is 0 Å². The number of allylic oxidation sites excluding steroid dienone is 1. The van der Waals surface area contributed by atoms with E-state index in [2.05, 4.69) is 47.6 Å². The Morgan fingerprint density at radius 3 is 1.79 bits per heavy atom. The van der Waals surface area contributed by atoms with Gasteiger partial charge in [0, 0.05) is 10.8 Å². The summed E-state index contributed by atoms with van der Waals surface area (Å²) in [4.78, 5) is 0. The van der Waals surface area contributed by atoms with E-state index in [1.54, 1.807) is 13.8 Å². The molecule has 0 spiro atoms. The van der Waals surface area contributed by atoms with Crippen LogP contribution in [0.4, 0.5) is 0 Å². The van der Waals surface area contributed by atoms with Crippen molar-refractivity contribution in [2.75, 3.05) is 19.8 Å². The van der Waals surface area contributed by atoms with E-state index in [1.807, 2.05) is 0 Å². The van der Waals surface area contributed by atoms with Crippen LogP contribution in [0.1, 0.15) is 107 Å². The highest BCUT2D eigenvalue weighted by Crippen LogP contribution is 2.75. The van der Waals surface area contributed by atoms with Gasteiger partial charge in [-0.15, -0.1) is 0 Å². The summed E-state index contributed by atoms with van der Waals surface area (Å²) in [5.41, 5.74) is -1.60. The Bertz CT molecular complexity index is 1710. The lowest BCUT2D eigenvalue weighted by Gasteiger charge is -2.67. The van der Waals surface area contributed by atoms with Crippen LogP contribution in [-0.2, 0) is 28.4 Å². The van der Waals surface area contributed by atoms with Gasteiger partial charge in [0.05, 0.1) is 43.7 Å². The van der Waals surface area contributed by atoms with E-state index in [1.165, 1.54) is 5.57 Å². The van der Waals surface area contributed by atoms with Crippen LogP contribution in [-0.4, -0.2) is 202 Å². The molecule has 3 heterocycles. The Morgan fingerprint density at radius 2 is 1.21 bits per heavy atom. The van der Waals surface area contributed by atoms with Crippen molar-refractivity contribution >= 4 is 0 Å². The van der Waals surface area contributed by atoms with Gasteiger partial charge in [-0.25, -0.2) is 0 Å². The smallest absolute Gasteiger partial charge is 0.187 e. The van der Waals surface area contributed by atoms with Crippen LogP contribution in [0.5, 0.6) is 0 Å². The molecule has 0 aromatic rings. The molecule has 0 bridgehead atoms. The van der Waals surface area contributed by atoms with Gasteiger partial charge in [0.2, 0.25) is 0 Å². The van der Waals surface area contributed by atoms with Gasteiger partial charge in [0.25, 0.3) is 0 Å². The lowest BCUT2D eigenvalue weighted by Crippen LogP contribution is -2.65. The zero-order chi connectivity index (χ0) is 49.5. The van der Waals surface area contributed by atoms with Gasteiger partial charge in [-0.05, 0) is 99.7 Å². The second-order valence-electron chi connectivity index (χ2n) is 23.1. The summed E-state index contributed by atoms with van der Waals surface area (Å²) >= 11 is 0. The summed E-state index contributed by atoms with van der Waals surface area (Å²) in [7, 11) is 0. The van der Waals surface area contributed by atoms with Crippen LogP contribution in [0.25, 0.3) is 0 Å². The minimum atomic E-state index is -1.75. The predicted molar refractivity (Wildman–Crippen MR) is 235 cm³/mol. The number of ether oxygens (including phenoxy) is 6. The highest BCUT2D eigenvalue weighted by molar-refractivity contribution is 5.32. The van der Waals surface area contributed by atoms with Crippen LogP contribution >= 0.6 is 0 Å². The molecule has 19 nitrogen and oxygen atoms in total. The van der Waals surface area contributed by atoms with Crippen LogP contribution < -0.4 is 0 Å². The van der Waals surface area contributed by atoms with Crippen molar-refractivity contribution in [1.82, 2.24) is 0 Å². The van der Waals surface area contributed by atoms with Crippen molar-refractivity contribution < 1.29 is 94.8 Å². The third-order valence-corrected chi connectivity index (χ3v) is 18.7. The highest BCUT2D eigenvalue weighted by Gasteiger charge is 2.70. The number of rotatable bonds is 14. The Kier molecular flexibility index (Phi) is 15.9. The van der Waals surface area contributed by atoms with Gasteiger partial charge < -0.3 is 94.8 Å². The van der Waals surface area contributed by atoms with Gasteiger partial charge in [-0.3, -0.25) is 0 Å². The molecule has 0 aromatic heterocycles. The summed E-state index contributed by atoms with van der Waals surface area (Å²) in [6, 6.07) is 0. The third-order valence-electron chi connectivity index (χ3n) is 18.7. The number of aliphatic hydroxyl groups is 13. The van der Waals surface area contributed by atoms with E-state index in [4.69, 9.17) is 28.4 Å². The maximum absolute atomic E-state index is 12.6. The highest BCUT2D eigenvalue weighted by atomic mass is 16.7. The van der Waals surface area contributed by atoms with Crippen LogP contribution in [0.2, 0.25) is 0 Å². The standard InChI is InChI=1S/C48H82O19/c1-21(9-13-31(45(4,5)61)67-43-40(60)37(57)34(54)27(65-43)20-62-41-38(58)35(55)32(52)25(18-49)63-41)22-15-16-46(6)28-12-10-23-24(48(28,8)29(51)17-47(22,46)7)11-14-30(44(23,2)3)66-42-39(59)36(56)33(53)26(19-50)64-42/h10,21-22,24-43,49-61H,9,11-20H2,1-8H3/t21-,22-,24+,25-,26-,27-,28?,29+,30-,31-,32-,33-,34-,35+,36+,37+,38-,39-,40-,41-,42+,43+,46+,47-,48-/m1/s1. The minimum Gasteiger partial charge on any atom is -0.394 e. The SMILES string of the molecule is C[C@H](CC[C@@H](O[C@@H]1O[C@H](CO[C@@H]2O[C@H](CO)[C@@H](O)[C@H](O)[C@H]2O)[C@@H](O)[C@H](O)[C@H]1O)C(C)(C)O)[C@H]1CC[C@@]2(C)C3CC=C4[C@H](CC[C@@H](O[C@@H]5O[C@H](CO)[C@@H](O)[C@H](O)[C@H]5O)C4(C)C)[C@@]3(C)[C@@H](O)C[C@]12C. The Balaban J connectivity index is 1.01. The number of aliphatic hydroxyl groups excluding tert-OH is 12. The largest absolute Gasteiger partial charge is 0.394 e. The monoisotopic (exact) mass is 963 g/mol. The van der Waals surface area contributed by atoms with Crippen LogP contribution in [0, 0.1) is 45.3 Å². The van der Waals surface area contributed by atoms with Gasteiger partial charge in [-0.1, -0.05) is 53.2 Å². The topological polar surface area (TPSA) is 318 Å². The maximum atomic E-state index is 12.6. The second kappa shape index (κ2) is 19.8. The molecular formula is C48H82O19. The predicted octanol–water partition coefficient (Wildman–Crippen LogP) is -1.06. The summed E-state index contributed by atoms with van der Waals surface area (Å²) in [5.74, 6) is 0.547. The van der Waals surface area contributed by atoms with E-state index >= 15 is 0 Å². The number of fused-ring (bicyclic) bond motifs is 5. The molecular weight excluding hydrogens is 881 g/mol. The van der Waals surface area contributed by atoms with E-state index in [0.717, 1.165) is 25.7 Å². The molecule has 67 heavy (non-hydrogen) atoms. The summed E-state index contributed by atoms with van der Waals surface area (Å²) in [5, 5.41) is 138. The molecule has 3 aliphatic heterocycles. The van der Waals surface area contributed by atoms with E-state index in [9.17, 15) is 66.4 Å². The first-order valence-electron chi connectivity index (χ1n) is 24.5. The Labute approximate surface area is 393 Å². The van der Waals surface area contributed by atoms with E-state index in [-0.39, 0.29) is 34.5 Å². The van der Waals surface area contributed by atoms with Crippen molar-refractivity contribution in [1.29, 1.82) is 0 Å². The Morgan fingerprint density at radius 1 is 0.672 bits per heavy atom. The van der Waals surface area contributed by atoms with Crippen molar-refractivity contribution in [3.63, 3.8) is 0 Å². The first-order valence-corrected chi connectivity index (χ1v) is 24.5. The minimum absolute atomic E-state index is 0.0596. The first kappa shape index (κ1) is 53.8. The van der Waals surface area contributed by atoms with Gasteiger partial charge in [0.15, 0.2) is 18.9 Å². The maximum Gasteiger partial charge on any atom is 0.187 e. The van der Waals surface area contributed by atoms with Crippen LogP contribution in [0.15, 0.2) is 11.6 Å². The van der Waals surface area contributed by atoms with Crippen molar-refractivity contribution in [2.45, 2.75) is 223 Å². The molecule has 25 atom stereocenters. The molecule has 7 aliphatic rings. The lowest BCUT2D eigenvalue weighted by atomic mass is 9.38. The second-order valence-corrected chi connectivity index (χ2v) is 23.1. The molecule has 1 unspecified atom stereocenters. The molecule has 3 saturated heterocycles. The first-order chi connectivity index (χ1) is 31.2. The molecule has 0 aromatic carbocycles. The fraction of sp³-hybridized carbons (Fsp3) is 0.958. The average molecular weight is 963 g/mol. The molecule has 388 valence electrons. The third kappa shape index (κ3) is 9.24. The zero-order valence-corrected chi connectivity index (χ0v) is 40.3. The zero-order valence-electron chi connectivity index (χ0n) is 40.3. The van der Waals surface area contributed by atoms with E-state index in [0.29, 0.717) is 25.7 Å². The molecule has 3 saturated carbocycles. The number of hydrogen-bond acceptors (Lipinski definition) is 19. The lowest BCUT2D eigenvalue weighted by molar-refractivity contribution is -0.341. The van der Waals surface area contributed by atoms with Crippen molar-refractivity contribution in [3.05, 3.63) is 11.6 Å². The average Bonchev–Trinajstić information content (AvgIpc) is 3.54. The fourth-order valence-corrected chi connectivity index (χ4v) is 14.2. The van der Waals surface area contributed by atoms with Crippen molar-refractivity contribution in [2.24, 2.45) is 45.3 Å². The normalized spacial score (nSPS) is 51.0. The van der Waals surface area contributed by atoms with Gasteiger partial charge in [0.1, 0.15) is 73.2 Å². The molecule has 0 amide bonds. The van der Waals surface area contributed by atoms with E-state index < -0.39 is 147 Å². The quantitative estimate of drug-likeness (QED) is 0.0924. The molecule has 19 heteroatoms. The summed E-state index contributed by atoms with van der Waals surface area (Å²) in [6.07, 6.45) is -16.7. The fourth-order valence-electron chi connectivity index (χ4n) is 14.2. The molecule has 4 aliphatic carbocycles. The summed E-state index contributed by atoms with van der Waals surface area (Å²) in [6.45, 7) is 14.8.